The first-order valence-corrected chi connectivity index (χ1v) is 13.1. The fraction of sp³-hybridized carbons (Fsp3) is 0.129. The van der Waals surface area contributed by atoms with E-state index in [-0.39, 0.29) is 18.1 Å². The van der Waals surface area contributed by atoms with E-state index in [9.17, 15) is 28.1 Å². The van der Waals surface area contributed by atoms with Crippen molar-refractivity contribution in [3.63, 3.8) is 0 Å². The van der Waals surface area contributed by atoms with Crippen LogP contribution in [0.25, 0.3) is 16.6 Å². The van der Waals surface area contributed by atoms with Gasteiger partial charge in [0.2, 0.25) is 5.75 Å². The number of pyridine rings is 1. The summed E-state index contributed by atoms with van der Waals surface area (Å²) in [6, 6.07) is 19.6. The zero-order chi connectivity index (χ0) is 31.4. The van der Waals surface area contributed by atoms with E-state index in [1.807, 2.05) is 48.7 Å². The third kappa shape index (κ3) is 6.51. The lowest BCUT2D eigenvalue weighted by Gasteiger charge is -2.12. The maximum atomic E-state index is 13.0. The van der Waals surface area contributed by atoms with Crippen LogP contribution in [0.15, 0.2) is 90.2 Å². The van der Waals surface area contributed by atoms with Gasteiger partial charge in [-0.3, -0.25) is 19.9 Å². The smallest absolute Gasteiger partial charge is 0.416 e. The van der Waals surface area contributed by atoms with Gasteiger partial charge in [-0.15, -0.1) is 0 Å². The third-order valence-corrected chi connectivity index (χ3v) is 6.62. The maximum absolute atomic E-state index is 13.0. The van der Waals surface area contributed by atoms with E-state index in [0.717, 1.165) is 40.2 Å². The first-order valence-electron chi connectivity index (χ1n) is 13.1. The Labute approximate surface area is 248 Å². The Balaban J connectivity index is 1.24. The Morgan fingerprint density at radius 2 is 1.80 bits per heavy atom. The Bertz CT molecular complexity index is 1880. The Hall–Kier alpha value is -5.72. The number of halogens is 3. The van der Waals surface area contributed by atoms with E-state index < -0.39 is 28.3 Å². The second-order valence-electron chi connectivity index (χ2n) is 9.61. The molecule has 13 heteroatoms. The summed E-state index contributed by atoms with van der Waals surface area (Å²) in [6.07, 6.45) is -1.57. The molecular weight excluding hydrogens is 579 g/mol. The second-order valence-corrected chi connectivity index (χ2v) is 9.61. The molecule has 5 rings (SSSR count). The minimum absolute atomic E-state index is 0.199. The molecule has 10 nitrogen and oxygen atoms in total. The molecule has 1 amide bonds. The molecule has 0 fully saturated rings. The Morgan fingerprint density at radius 1 is 1.05 bits per heavy atom. The molecule has 2 heterocycles. The Morgan fingerprint density at radius 3 is 2.52 bits per heavy atom. The normalized spacial score (nSPS) is 11.6. The van der Waals surface area contributed by atoms with Gasteiger partial charge in [-0.25, -0.2) is 5.43 Å². The van der Waals surface area contributed by atoms with Crippen LogP contribution in [-0.2, 0) is 11.0 Å². The van der Waals surface area contributed by atoms with Crippen molar-refractivity contribution in [2.45, 2.75) is 20.0 Å². The molecule has 0 spiro atoms. The molecule has 0 aliphatic rings. The molecule has 224 valence electrons. The van der Waals surface area contributed by atoms with Gasteiger partial charge in [0, 0.05) is 40.3 Å². The van der Waals surface area contributed by atoms with Crippen LogP contribution in [0.4, 0.5) is 18.9 Å². The highest BCUT2D eigenvalue weighted by Crippen LogP contribution is 2.38. The van der Waals surface area contributed by atoms with Crippen LogP contribution in [-0.4, -0.2) is 33.2 Å². The highest BCUT2D eigenvalue weighted by Gasteiger charge is 2.33. The number of benzene rings is 3. The zero-order valence-corrected chi connectivity index (χ0v) is 23.3. The summed E-state index contributed by atoms with van der Waals surface area (Å²) >= 11 is 0. The molecule has 1 N–H and O–H groups in total. The third-order valence-electron chi connectivity index (χ3n) is 6.62. The van der Waals surface area contributed by atoms with Gasteiger partial charge in [-0.05, 0) is 68.4 Å². The molecule has 5 aromatic rings. The maximum Gasteiger partial charge on any atom is 0.416 e. The summed E-state index contributed by atoms with van der Waals surface area (Å²) in [4.78, 5) is 27.1. The van der Waals surface area contributed by atoms with Crippen molar-refractivity contribution in [3.05, 3.63) is 118 Å². The lowest BCUT2D eigenvalue weighted by molar-refractivity contribution is -0.385. The van der Waals surface area contributed by atoms with Gasteiger partial charge in [0.15, 0.2) is 6.61 Å². The summed E-state index contributed by atoms with van der Waals surface area (Å²) in [5.74, 6) is -0.0829. The van der Waals surface area contributed by atoms with Crippen molar-refractivity contribution >= 4 is 28.7 Å². The van der Waals surface area contributed by atoms with E-state index in [1.54, 1.807) is 36.5 Å². The molecule has 0 aliphatic heterocycles. The van der Waals surface area contributed by atoms with Crippen LogP contribution in [0.2, 0.25) is 0 Å². The van der Waals surface area contributed by atoms with Gasteiger partial charge in [0.25, 0.3) is 5.91 Å². The summed E-state index contributed by atoms with van der Waals surface area (Å²) < 4.78 is 52.1. The topological polar surface area (TPSA) is 121 Å². The first kappa shape index (κ1) is 29.8. The number of nitrogens with one attached hydrogen (secondary N) is 1. The number of amides is 1. The number of carbonyl (C=O) groups is 1. The summed E-state index contributed by atoms with van der Waals surface area (Å²) in [5, 5.41) is 16.3. The fourth-order valence-corrected chi connectivity index (χ4v) is 4.57. The minimum Gasteiger partial charge on any atom is -0.481 e. The molecule has 0 unspecified atom stereocenters. The molecule has 44 heavy (non-hydrogen) atoms. The van der Waals surface area contributed by atoms with Gasteiger partial charge in [0.1, 0.15) is 17.0 Å². The average Bonchev–Trinajstić information content (AvgIpc) is 3.28. The molecule has 0 radical (unpaired) electrons. The van der Waals surface area contributed by atoms with Crippen molar-refractivity contribution in [2.24, 2.45) is 5.10 Å². The number of nitro benzene ring substituents is 1. The van der Waals surface area contributed by atoms with E-state index >= 15 is 0 Å². The molecular formula is C31H24F3N5O5. The lowest BCUT2D eigenvalue weighted by Crippen LogP contribution is -2.24. The molecule has 0 atom stereocenters. The number of alkyl halides is 3. The molecule has 0 saturated carbocycles. The minimum atomic E-state index is -4.73. The summed E-state index contributed by atoms with van der Waals surface area (Å²) in [7, 11) is 0. The number of hydrogen-bond acceptors (Lipinski definition) is 7. The number of para-hydroxylation sites is 1. The number of nitro groups is 1. The number of hydrogen-bond donors (Lipinski definition) is 1. The van der Waals surface area contributed by atoms with Crippen LogP contribution in [0, 0.1) is 24.0 Å². The van der Waals surface area contributed by atoms with Crippen LogP contribution in [0.5, 0.6) is 17.2 Å². The molecule has 0 aliphatic carbocycles. The van der Waals surface area contributed by atoms with Crippen molar-refractivity contribution in [3.8, 4) is 22.9 Å². The standard InChI is InChI=1S/C31H24F3N5O5/c1-19-15-22(17-36-37-29(40)18-43-28-7-3-5-21-6-4-14-35-30(21)28)20(2)38(19)24-9-11-25(12-10-24)44-27-13-8-23(31(32,33)34)16-26(27)39(41)42/h3-17H,18H2,1-2H3,(H,37,40)/b36-17-. The molecule has 2 aromatic heterocycles. The number of carbonyl (C=O) groups excluding carboxylic acids is 1. The highest BCUT2D eigenvalue weighted by atomic mass is 19.4. The predicted molar refractivity (Wildman–Crippen MR) is 156 cm³/mol. The predicted octanol–water partition coefficient (Wildman–Crippen LogP) is 6.89. The van der Waals surface area contributed by atoms with E-state index in [0.29, 0.717) is 17.3 Å². The molecule has 0 bridgehead atoms. The zero-order valence-electron chi connectivity index (χ0n) is 23.3. The fourth-order valence-electron chi connectivity index (χ4n) is 4.57. The van der Waals surface area contributed by atoms with Crippen molar-refractivity contribution in [1.82, 2.24) is 15.0 Å². The van der Waals surface area contributed by atoms with Gasteiger partial charge in [-0.2, -0.15) is 18.3 Å². The number of rotatable bonds is 9. The number of fused-ring (bicyclic) bond motifs is 1. The van der Waals surface area contributed by atoms with Gasteiger partial charge < -0.3 is 14.0 Å². The van der Waals surface area contributed by atoms with Crippen LogP contribution in [0.1, 0.15) is 22.5 Å². The SMILES string of the molecule is Cc1cc(/C=N\NC(=O)COc2cccc3cccnc23)c(C)n1-c1ccc(Oc2ccc(C(F)(F)F)cc2[N+](=O)[O-])cc1. The van der Waals surface area contributed by atoms with Crippen LogP contribution >= 0.6 is 0 Å². The lowest BCUT2D eigenvalue weighted by atomic mass is 10.2. The molecule has 0 saturated heterocycles. The molecule has 3 aromatic carbocycles. The van der Waals surface area contributed by atoms with Crippen molar-refractivity contribution < 1.29 is 32.4 Å². The van der Waals surface area contributed by atoms with Gasteiger partial charge in [-0.1, -0.05) is 18.2 Å². The first-order chi connectivity index (χ1) is 21.0. The van der Waals surface area contributed by atoms with E-state index in [1.165, 1.54) is 6.21 Å². The summed E-state index contributed by atoms with van der Waals surface area (Å²) in [5.41, 5.74) is 4.30. The van der Waals surface area contributed by atoms with Gasteiger partial charge >= 0.3 is 11.9 Å². The number of ether oxygens (including phenoxy) is 2. The monoisotopic (exact) mass is 603 g/mol. The second kappa shape index (κ2) is 12.3. The average molecular weight is 604 g/mol. The highest BCUT2D eigenvalue weighted by molar-refractivity contribution is 5.86. The number of aromatic nitrogens is 2. The van der Waals surface area contributed by atoms with E-state index in [4.69, 9.17) is 9.47 Å². The largest absolute Gasteiger partial charge is 0.481 e. The van der Waals surface area contributed by atoms with E-state index in [2.05, 4.69) is 15.5 Å². The number of nitrogens with zero attached hydrogens (tertiary/aromatic N) is 4. The van der Waals surface area contributed by atoms with Crippen molar-refractivity contribution in [1.29, 1.82) is 0 Å². The van der Waals surface area contributed by atoms with Crippen LogP contribution in [0.3, 0.4) is 0 Å². The van der Waals surface area contributed by atoms with Crippen LogP contribution < -0.4 is 14.9 Å². The van der Waals surface area contributed by atoms with Gasteiger partial charge in [0.05, 0.1) is 16.7 Å². The number of hydrazone groups is 1. The Kier molecular flexibility index (Phi) is 8.29. The number of aryl methyl sites for hydroxylation is 1. The van der Waals surface area contributed by atoms with Crippen molar-refractivity contribution in [2.75, 3.05) is 6.61 Å². The quantitative estimate of drug-likeness (QED) is 0.111. The summed E-state index contributed by atoms with van der Waals surface area (Å²) in [6.45, 7) is 3.49.